The van der Waals surface area contributed by atoms with E-state index in [0.29, 0.717) is 45.8 Å². The van der Waals surface area contributed by atoms with Gasteiger partial charge in [-0.05, 0) is 55.7 Å². The molecule has 0 aliphatic carbocycles. The molecule has 1 heterocycles. The van der Waals surface area contributed by atoms with E-state index in [9.17, 15) is 14.4 Å². The van der Waals surface area contributed by atoms with E-state index in [4.69, 9.17) is 11.6 Å². The number of carbonyl (C=O) groups excluding carboxylic acids is 3. The monoisotopic (exact) mass is 543 g/mol. The number of hydrogen-bond acceptors (Lipinski definition) is 7. The van der Waals surface area contributed by atoms with Crippen LogP contribution in [0.2, 0.25) is 5.02 Å². The van der Waals surface area contributed by atoms with E-state index in [2.05, 4.69) is 39.4 Å². The van der Waals surface area contributed by atoms with Gasteiger partial charge in [-0.3, -0.25) is 9.59 Å². The Bertz CT molecular complexity index is 1250. The lowest BCUT2D eigenvalue weighted by Crippen LogP contribution is -2.31. The van der Waals surface area contributed by atoms with Gasteiger partial charge in [0, 0.05) is 12.2 Å². The molecule has 1 atom stereocenters. The first kappa shape index (κ1) is 28.2. The molecule has 0 aliphatic heterocycles. The van der Waals surface area contributed by atoms with Gasteiger partial charge in [0.25, 0.3) is 5.91 Å². The Balaban J connectivity index is 1.69. The topological polar surface area (TPSA) is 115 Å². The molecule has 1 aromatic heterocycles. The second-order valence-electron chi connectivity index (χ2n) is 8.63. The number of carbonyl (C=O) groups is 3. The lowest BCUT2D eigenvalue weighted by molar-refractivity contribution is -0.113. The van der Waals surface area contributed by atoms with Gasteiger partial charge >= 0.3 is 5.97 Å². The average Bonchev–Trinajstić information content (AvgIpc) is 3.30. The van der Waals surface area contributed by atoms with Crippen molar-refractivity contribution in [2.24, 2.45) is 5.92 Å². The molecule has 0 radical (unpaired) electrons. The second-order valence-corrected chi connectivity index (χ2v) is 9.98. The van der Waals surface area contributed by atoms with Crippen molar-refractivity contribution >= 4 is 46.8 Å². The number of anilines is 1. The highest BCUT2D eigenvalue weighted by Gasteiger charge is 2.25. The van der Waals surface area contributed by atoms with Crippen molar-refractivity contribution in [3.05, 3.63) is 70.5 Å². The Kier molecular flexibility index (Phi) is 10.1. The molecule has 3 aromatic rings. The Labute approximate surface area is 225 Å². The Morgan fingerprint density at radius 1 is 1.08 bits per heavy atom. The van der Waals surface area contributed by atoms with Gasteiger partial charge in [0.2, 0.25) is 5.91 Å². The number of nitrogens with one attached hydrogen (secondary N) is 2. The number of nitrogens with zero attached hydrogens (tertiary/aromatic N) is 3. The summed E-state index contributed by atoms with van der Waals surface area (Å²) in [7, 11) is 1.31. The third-order valence-electron chi connectivity index (χ3n) is 5.43. The summed E-state index contributed by atoms with van der Waals surface area (Å²) in [6.07, 6.45) is 0.654. The highest BCUT2D eigenvalue weighted by molar-refractivity contribution is 7.99. The zero-order valence-electron chi connectivity index (χ0n) is 21.2. The van der Waals surface area contributed by atoms with Gasteiger partial charge in [0.05, 0.1) is 35.1 Å². The molecule has 11 heteroatoms. The van der Waals surface area contributed by atoms with Crippen LogP contribution in [0.3, 0.4) is 0 Å². The van der Waals surface area contributed by atoms with Gasteiger partial charge in [0.15, 0.2) is 11.0 Å². The molecule has 2 N–H and O–H groups in total. The van der Waals surface area contributed by atoms with Crippen LogP contribution in [-0.2, 0) is 16.1 Å². The first-order chi connectivity index (χ1) is 17.7. The maximum atomic E-state index is 13.0. The fourth-order valence-electron chi connectivity index (χ4n) is 3.68. The Morgan fingerprint density at radius 2 is 1.78 bits per heavy atom. The molecule has 196 valence electrons. The molecule has 0 spiro atoms. The molecule has 0 bridgehead atoms. The summed E-state index contributed by atoms with van der Waals surface area (Å²) in [5.41, 5.74) is 1.36. The van der Waals surface area contributed by atoms with Crippen LogP contribution in [0.25, 0.3) is 0 Å². The van der Waals surface area contributed by atoms with Crippen molar-refractivity contribution in [3.63, 3.8) is 0 Å². The van der Waals surface area contributed by atoms with Crippen molar-refractivity contribution < 1.29 is 19.1 Å². The molecule has 0 saturated carbocycles. The van der Waals surface area contributed by atoms with Crippen LogP contribution >= 0.6 is 23.4 Å². The van der Waals surface area contributed by atoms with Crippen molar-refractivity contribution in [2.45, 2.75) is 44.9 Å². The normalized spacial score (nSPS) is 11.7. The summed E-state index contributed by atoms with van der Waals surface area (Å²) >= 11 is 7.47. The highest BCUT2D eigenvalue weighted by atomic mass is 35.5. The quantitative estimate of drug-likeness (QED) is 0.259. The fourth-order valence-corrected chi connectivity index (χ4v) is 4.71. The zero-order chi connectivity index (χ0) is 26.9. The van der Waals surface area contributed by atoms with Crippen LogP contribution in [0.4, 0.5) is 5.69 Å². The number of rotatable bonds is 11. The molecule has 0 unspecified atom stereocenters. The number of esters is 1. The SMILES string of the molecule is CCn1c(SCC(=O)Nc2ccc(C(=O)OC)cc2)nnc1[C@@H](CC(C)C)NC(=O)c1ccccc1Cl. The van der Waals surface area contributed by atoms with E-state index in [-0.39, 0.29) is 29.5 Å². The lowest BCUT2D eigenvalue weighted by Gasteiger charge is -2.21. The molecule has 2 amide bonds. The first-order valence-corrected chi connectivity index (χ1v) is 13.2. The van der Waals surface area contributed by atoms with E-state index in [1.54, 1.807) is 48.5 Å². The minimum Gasteiger partial charge on any atom is -0.465 e. The van der Waals surface area contributed by atoms with E-state index in [0.717, 1.165) is 0 Å². The standard InChI is InChI=1S/C26H30ClN5O4S/c1-5-32-23(21(14-16(2)3)29-24(34)19-8-6-7-9-20(19)27)30-31-26(32)37-15-22(33)28-18-12-10-17(11-13-18)25(35)36-4/h6-13,16,21H,5,14-15H2,1-4H3,(H,28,33)(H,29,34)/t21-/m1/s1. The molecule has 0 fully saturated rings. The number of methoxy groups -OCH3 is 1. The average molecular weight is 544 g/mol. The Morgan fingerprint density at radius 3 is 2.41 bits per heavy atom. The van der Waals surface area contributed by atoms with Crippen LogP contribution < -0.4 is 10.6 Å². The van der Waals surface area contributed by atoms with Crippen LogP contribution in [-0.4, -0.2) is 45.4 Å². The molecule has 0 aliphatic rings. The molecule has 3 rings (SSSR count). The zero-order valence-corrected chi connectivity index (χ0v) is 22.7. The van der Waals surface area contributed by atoms with Crippen LogP contribution in [0.15, 0.2) is 53.7 Å². The maximum Gasteiger partial charge on any atom is 0.337 e. The third-order valence-corrected chi connectivity index (χ3v) is 6.72. The molecule has 0 saturated heterocycles. The number of ether oxygens (including phenoxy) is 1. The van der Waals surface area contributed by atoms with Crippen LogP contribution in [0, 0.1) is 5.92 Å². The van der Waals surface area contributed by atoms with Crippen molar-refractivity contribution in [2.75, 3.05) is 18.2 Å². The van der Waals surface area contributed by atoms with E-state index >= 15 is 0 Å². The Hall–Kier alpha value is -3.37. The first-order valence-electron chi connectivity index (χ1n) is 11.8. The molecule has 9 nitrogen and oxygen atoms in total. The van der Waals surface area contributed by atoms with Gasteiger partial charge in [-0.1, -0.05) is 49.3 Å². The predicted molar refractivity (Wildman–Crippen MR) is 144 cm³/mol. The summed E-state index contributed by atoms with van der Waals surface area (Å²) in [5, 5.41) is 15.5. The number of aromatic nitrogens is 3. The predicted octanol–water partition coefficient (Wildman–Crippen LogP) is 4.99. The van der Waals surface area contributed by atoms with Crippen LogP contribution in [0.1, 0.15) is 59.8 Å². The van der Waals surface area contributed by atoms with Crippen molar-refractivity contribution in [1.82, 2.24) is 20.1 Å². The van der Waals surface area contributed by atoms with Gasteiger partial charge in [0.1, 0.15) is 0 Å². The smallest absolute Gasteiger partial charge is 0.337 e. The molecule has 2 aromatic carbocycles. The van der Waals surface area contributed by atoms with Gasteiger partial charge in [-0.15, -0.1) is 10.2 Å². The number of hydrogen-bond donors (Lipinski definition) is 2. The molecular weight excluding hydrogens is 514 g/mol. The van der Waals surface area contributed by atoms with E-state index in [1.165, 1.54) is 18.9 Å². The summed E-state index contributed by atoms with van der Waals surface area (Å²) in [5.74, 6) is 0.0610. The number of amides is 2. The molecule has 37 heavy (non-hydrogen) atoms. The second kappa shape index (κ2) is 13.3. The number of thioether (sulfide) groups is 1. The van der Waals surface area contributed by atoms with Gasteiger partial charge in [-0.25, -0.2) is 4.79 Å². The summed E-state index contributed by atoms with van der Waals surface area (Å²) in [6, 6.07) is 13.0. The fraction of sp³-hybridized carbons (Fsp3) is 0.346. The van der Waals surface area contributed by atoms with Crippen molar-refractivity contribution in [1.29, 1.82) is 0 Å². The summed E-state index contributed by atoms with van der Waals surface area (Å²) in [6.45, 7) is 6.66. The minimum atomic E-state index is -0.443. The maximum absolute atomic E-state index is 13.0. The molecular formula is C26H30ClN5O4S. The van der Waals surface area contributed by atoms with E-state index in [1.807, 2.05) is 11.5 Å². The van der Waals surface area contributed by atoms with Crippen LogP contribution in [0.5, 0.6) is 0 Å². The highest BCUT2D eigenvalue weighted by Crippen LogP contribution is 2.26. The number of benzene rings is 2. The number of halogens is 1. The van der Waals surface area contributed by atoms with Crippen molar-refractivity contribution in [3.8, 4) is 0 Å². The lowest BCUT2D eigenvalue weighted by atomic mass is 10.0. The largest absolute Gasteiger partial charge is 0.465 e. The van der Waals surface area contributed by atoms with Gasteiger partial charge in [-0.2, -0.15) is 0 Å². The third kappa shape index (κ3) is 7.56. The summed E-state index contributed by atoms with van der Waals surface area (Å²) < 4.78 is 6.59. The van der Waals surface area contributed by atoms with E-state index < -0.39 is 5.97 Å². The minimum absolute atomic E-state index is 0.109. The summed E-state index contributed by atoms with van der Waals surface area (Å²) in [4.78, 5) is 37.1. The van der Waals surface area contributed by atoms with Gasteiger partial charge < -0.3 is 19.9 Å².